The highest BCUT2D eigenvalue weighted by molar-refractivity contribution is 7.86. The van der Waals surface area contributed by atoms with Crippen molar-refractivity contribution in [2.24, 2.45) is 0 Å². The van der Waals surface area contributed by atoms with E-state index in [0.717, 1.165) is 11.2 Å². The second-order valence-electron chi connectivity index (χ2n) is 3.50. The zero-order valence-electron chi connectivity index (χ0n) is 8.06. The maximum absolute atomic E-state index is 10.9. The molecule has 0 radical (unpaired) electrons. The van der Waals surface area contributed by atoms with E-state index in [-0.39, 0.29) is 0 Å². The van der Waals surface area contributed by atoms with Crippen LogP contribution in [0.2, 0.25) is 0 Å². The van der Waals surface area contributed by atoms with Crippen molar-refractivity contribution in [1.29, 1.82) is 0 Å². The molecule has 1 aliphatic rings. The lowest BCUT2D eigenvalue weighted by Crippen LogP contribution is -2.47. The molecule has 0 saturated carbocycles. The van der Waals surface area contributed by atoms with Crippen molar-refractivity contribution in [1.82, 2.24) is 4.90 Å². The van der Waals surface area contributed by atoms with Crippen LogP contribution in [0.15, 0.2) is 0 Å². The van der Waals surface area contributed by atoms with Crippen molar-refractivity contribution >= 4 is 16.2 Å². The number of carboxylic acid groups (broad SMARTS) is 1. The molecule has 0 spiro atoms. The van der Waals surface area contributed by atoms with E-state index in [9.17, 15) is 13.2 Å². The molecule has 1 heterocycles. The zero-order chi connectivity index (χ0) is 11.0. The third kappa shape index (κ3) is 2.36. The lowest BCUT2D eigenvalue weighted by atomic mass is 10.2. The fraction of sp³-hybridized carbons (Fsp3) is 0.857. The average molecular weight is 223 g/mol. The van der Waals surface area contributed by atoms with Crippen LogP contribution in [-0.2, 0) is 14.3 Å². The molecule has 7 heteroatoms. The normalized spacial score (nSPS) is 28.0. The minimum Gasteiger partial charge on any atom is -0.465 e. The lowest BCUT2D eigenvalue weighted by molar-refractivity contribution is -0.0212. The molecule has 0 unspecified atom stereocenters. The van der Waals surface area contributed by atoms with Crippen LogP contribution in [-0.4, -0.2) is 43.0 Å². The number of hydrogen-bond acceptors (Lipinski definition) is 4. The molecule has 1 fully saturated rings. The van der Waals surface area contributed by atoms with Crippen LogP contribution in [0.1, 0.15) is 19.8 Å². The maximum atomic E-state index is 10.9. The summed E-state index contributed by atoms with van der Waals surface area (Å²) in [6.45, 7) is 1.77. The summed E-state index contributed by atoms with van der Waals surface area (Å²) in [6, 6.07) is 0. The number of likely N-dealkylation sites (tertiary alicyclic amines) is 1. The van der Waals surface area contributed by atoms with Crippen LogP contribution in [0.4, 0.5) is 4.79 Å². The van der Waals surface area contributed by atoms with Gasteiger partial charge in [-0.15, -0.1) is 0 Å². The van der Waals surface area contributed by atoms with Gasteiger partial charge in [0.2, 0.25) is 0 Å². The first kappa shape index (κ1) is 11.3. The van der Waals surface area contributed by atoms with Crippen LogP contribution in [0, 0.1) is 0 Å². The minimum atomic E-state index is -3.64. The maximum Gasteiger partial charge on any atom is 0.409 e. The van der Waals surface area contributed by atoms with Crippen LogP contribution in [0.3, 0.4) is 0 Å². The van der Waals surface area contributed by atoms with E-state index in [4.69, 9.17) is 9.29 Å². The molecule has 0 aliphatic carbocycles. The summed E-state index contributed by atoms with van der Waals surface area (Å²) in [7, 11) is -3.64. The van der Waals surface area contributed by atoms with Gasteiger partial charge in [-0.3, -0.25) is 4.90 Å². The molecular formula is C7H13NO5S. The SMILES string of the molecule is C[C@]1(OS(C)(=O)=O)CCCN1C(=O)O. The Hall–Kier alpha value is -0.820. The van der Waals surface area contributed by atoms with Crippen LogP contribution in [0.25, 0.3) is 0 Å². The summed E-state index contributed by atoms with van der Waals surface area (Å²) in [6.07, 6.45) is 0.759. The van der Waals surface area contributed by atoms with Crippen molar-refractivity contribution in [3.63, 3.8) is 0 Å². The van der Waals surface area contributed by atoms with Crippen molar-refractivity contribution in [3.05, 3.63) is 0 Å². The van der Waals surface area contributed by atoms with E-state index in [1.54, 1.807) is 0 Å². The highest BCUT2D eigenvalue weighted by Gasteiger charge is 2.43. The zero-order valence-corrected chi connectivity index (χ0v) is 8.87. The summed E-state index contributed by atoms with van der Waals surface area (Å²) in [5.41, 5.74) is -1.24. The Kier molecular flexibility index (Phi) is 2.73. The fourth-order valence-corrected chi connectivity index (χ4v) is 2.47. The Balaban J connectivity index is 2.87. The molecule has 0 aromatic rings. The van der Waals surface area contributed by atoms with Crippen molar-refractivity contribution < 1.29 is 22.5 Å². The monoisotopic (exact) mass is 223 g/mol. The Morgan fingerprint density at radius 2 is 2.14 bits per heavy atom. The summed E-state index contributed by atoms with van der Waals surface area (Å²) < 4.78 is 26.6. The Morgan fingerprint density at radius 3 is 2.57 bits per heavy atom. The van der Waals surface area contributed by atoms with E-state index < -0.39 is 21.9 Å². The molecule has 82 valence electrons. The predicted octanol–water partition coefficient (Wildman–Crippen LogP) is 0.453. The topological polar surface area (TPSA) is 83.9 Å². The summed E-state index contributed by atoms with van der Waals surface area (Å²) in [5, 5.41) is 8.80. The van der Waals surface area contributed by atoms with E-state index in [0.29, 0.717) is 19.4 Å². The van der Waals surface area contributed by atoms with Gasteiger partial charge in [-0.1, -0.05) is 0 Å². The van der Waals surface area contributed by atoms with Crippen molar-refractivity contribution in [2.75, 3.05) is 12.8 Å². The molecule has 14 heavy (non-hydrogen) atoms. The smallest absolute Gasteiger partial charge is 0.409 e. The van der Waals surface area contributed by atoms with Gasteiger partial charge in [-0.2, -0.15) is 8.42 Å². The number of amides is 1. The van der Waals surface area contributed by atoms with Gasteiger partial charge >= 0.3 is 6.09 Å². The predicted molar refractivity (Wildman–Crippen MR) is 48.3 cm³/mol. The highest BCUT2D eigenvalue weighted by atomic mass is 32.2. The molecule has 1 aliphatic heterocycles. The third-order valence-electron chi connectivity index (χ3n) is 2.16. The second-order valence-corrected chi connectivity index (χ2v) is 5.08. The molecular weight excluding hydrogens is 210 g/mol. The van der Waals surface area contributed by atoms with Gasteiger partial charge in [0, 0.05) is 6.54 Å². The highest BCUT2D eigenvalue weighted by Crippen LogP contribution is 2.31. The van der Waals surface area contributed by atoms with E-state index >= 15 is 0 Å². The second kappa shape index (κ2) is 3.39. The quantitative estimate of drug-likeness (QED) is 0.687. The molecule has 0 aromatic heterocycles. The lowest BCUT2D eigenvalue weighted by Gasteiger charge is -2.31. The standard InChI is InChI=1S/C7H13NO5S/c1-7(13-14(2,11)12)4-3-5-8(7)6(9)10/h3-5H2,1-2H3,(H,9,10)/t7-/m0/s1. The van der Waals surface area contributed by atoms with E-state index in [1.165, 1.54) is 6.92 Å². The van der Waals surface area contributed by atoms with Gasteiger partial charge in [0.1, 0.15) is 0 Å². The Bertz CT molecular complexity index is 338. The molecule has 1 rings (SSSR count). The van der Waals surface area contributed by atoms with Gasteiger partial charge in [0.15, 0.2) is 5.72 Å². The van der Waals surface area contributed by atoms with Gasteiger partial charge < -0.3 is 5.11 Å². The summed E-state index contributed by atoms with van der Waals surface area (Å²) >= 11 is 0. The van der Waals surface area contributed by atoms with Gasteiger partial charge in [0.05, 0.1) is 6.26 Å². The molecule has 6 nitrogen and oxygen atoms in total. The largest absolute Gasteiger partial charge is 0.465 e. The molecule has 1 atom stereocenters. The molecule has 1 amide bonds. The Morgan fingerprint density at radius 1 is 1.57 bits per heavy atom. The number of nitrogens with zero attached hydrogens (tertiary/aromatic N) is 1. The van der Waals surface area contributed by atoms with Gasteiger partial charge in [-0.25, -0.2) is 8.98 Å². The van der Waals surface area contributed by atoms with Crippen molar-refractivity contribution in [3.8, 4) is 0 Å². The molecule has 0 bridgehead atoms. The van der Waals surface area contributed by atoms with Crippen LogP contribution in [0.5, 0.6) is 0 Å². The molecule has 0 aromatic carbocycles. The van der Waals surface area contributed by atoms with Gasteiger partial charge in [-0.05, 0) is 19.8 Å². The molecule has 1 saturated heterocycles. The van der Waals surface area contributed by atoms with Crippen LogP contribution >= 0.6 is 0 Å². The summed E-state index contributed by atoms with van der Waals surface area (Å²) in [5.74, 6) is 0. The fourth-order valence-electron chi connectivity index (χ4n) is 1.65. The first-order valence-corrected chi connectivity index (χ1v) is 5.97. The first-order valence-electron chi connectivity index (χ1n) is 4.16. The number of carbonyl (C=O) groups is 1. The van der Waals surface area contributed by atoms with E-state index in [2.05, 4.69) is 0 Å². The van der Waals surface area contributed by atoms with Gasteiger partial charge in [0.25, 0.3) is 10.1 Å². The van der Waals surface area contributed by atoms with E-state index in [1.807, 2.05) is 0 Å². The molecule has 1 N–H and O–H groups in total. The number of hydrogen-bond donors (Lipinski definition) is 1. The summed E-state index contributed by atoms with van der Waals surface area (Å²) in [4.78, 5) is 11.8. The third-order valence-corrected chi connectivity index (χ3v) is 2.82. The van der Waals surface area contributed by atoms with Crippen molar-refractivity contribution in [2.45, 2.75) is 25.5 Å². The number of rotatable bonds is 2. The Labute approximate surface area is 82.6 Å². The first-order chi connectivity index (χ1) is 6.25. The minimum absolute atomic E-state index is 0.307. The van der Waals surface area contributed by atoms with Crippen LogP contribution < -0.4 is 0 Å². The average Bonchev–Trinajstić information content (AvgIpc) is 2.26.